The quantitative estimate of drug-likeness (QED) is 0.822. The second-order valence-corrected chi connectivity index (χ2v) is 5.13. The molecular formula is C11H9IN2O. The van der Waals surface area contributed by atoms with Gasteiger partial charge >= 0.3 is 0 Å². The summed E-state index contributed by atoms with van der Waals surface area (Å²) < 4.78 is 1.06. The van der Waals surface area contributed by atoms with Gasteiger partial charge in [0.2, 0.25) is 0 Å². The van der Waals surface area contributed by atoms with Crippen LogP contribution in [0.5, 0.6) is 0 Å². The molecule has 2 aromatic rings. The third kappa shape index (κ3) is 1.67. The molecule has 0 bridgehead atoms. The maximum atomic E-state index is 11.8. The highest BCUT2D eigenvalue weighted by atomic mass is 127. The number of hydrogen-bond acceptors (Lipinski definition) is 2. The number of aromatic nitrogens is 2. The Morgan fingerprint density at radius 2 is 2.20 bits per heavy atom. The van der Waals surface area contributed by atoms with Gasteiger partial charge in [-0.05, 0) is 53.6 Å². The van der Waals surface area contributed by atoms with Gasteiger partial charge in [0.1, 0.15) is 5.82 Å². The zero-order valence-electron chi connectivity index (χ0n) is 7.96. The van der Waals surface area contributed by atoms with E-state index in [1.165, 1.54) is 0 Å². The van der Waals surface area contributed by atoms with Crippen LogP contribution in [0.25, 0.3) is 10.9 Å². The summed E-state index contributed by atoms with van der Waals surface area (Å²) in [5.41, 5.74) is 0.793. The number of aromatic amines is 1. The molecule has 1 heterocycles. The zero-order chi connectivity index (χ0) is 10.4. The number of fused-ring (bicyclic) bond motifs is 1. The number of halogens is 1. The zero-order valence-corrected chi connectivity index (χ0v) is 10.1. The summed E-state index contributed by atoms with van der Waals surface area (Å²) in [6, 6.07) is 5.77. The van der Waals surface area contributed by atoms with Crippen LogP contribution in [0.4, 0.5) is 0 Å². The lowest BCUT2D eigenvalue weighted by atomic mass is 10.2. The highest BCUT2D eigenvalue weighted by molar-refractivity contribution is 14.1. The molecule has 0 unspecified atom stereocenters. The molecule has 1 aromatic carbocycles. The van der Waals surface area contributed by atoms with Crippen molar-refractivity contribution < 1.29 is 0 Å². The van der Waals surface area contributed by atoms with Crippen LogP contribution in [0, 0.1) is 3.57 Å². The fraction of sp³-hybridized carbons (Fsp3) is 0.273. The van der Waals surface area contributed by atoms with Crippen LogP contribution in [-0.2, 0) is 0 Å². The van der Waals surface area contributed by atoms with Crippen LogP contribution >= 0.6 is 22.6 Å². The molecule has 0 amide bonds. The molecular weight excluding hydrogens is 303 g/mol. The van der Waals surface area contributed by atoms with Gasteiger partial charge in [0, 0.05) is 9.49 Å². The Bertz CT molecular complexity index is 587. The summed E-state index contributed by atoms with van der Waals surface area (Å²) >= 11 is 2.20. The number of nitrogens with zero attached hydrogens (tertiary/aromatic N) is 1. The summed E-state index contributed by atoms with van der Waals surface area (Å²) in [5, 5.41) is 0.686. The van der Waals surface area contributed by atoms with E-state index in [9.17, 15) is 4.79 Å². The van der Waals surface area contributed by atoms with E-state index in [4.69, 9.17) is 0 Å². The lowest BCUT2D eigenvalue weighted by Crippen LogP contribution is -2.11. The molecule has 0 spiro atoms. The first-order chi connectivity index (χ1) is 7.24. The Kier molecular flexibility index (Phi) is 2.05. The Balaban J connectivity index is 2.31. The first kappa shape index (κ1) is 9.33. The summed E-state index contributed by atoms with van der Waals surface area (Å²) in [6.07, 6.45) is 2.30. The third-order valence-electron chi connectivity index (χ3n) is 2.65. The molecule has 1 fully saturated rings. The fourth-order valence-electron chi connectivity index (χ4n) is 1.68. The maximum Gasteiger partial charge on any atom is 0.258 e. The summed E-state index contributed by atoms with van der Waals surface area (Å²) in [5.74, 6) is 1.34. The minimum Gasteiger partial charge on any atom is -0.310 e. The van der Waals surface area contributed by atoms with Gasteiger partial charge in [-0.2, -0.15) is 0 Å². The van der Waals surface area contributed by atoms with E-state index >= 15 is 0 Å². The minimum atomic E-state index is -0.0135. The van der Waals surface area contributed by atoms with Crippen molar-refractivity contribution in [2.24, 2.45) is 0 Å². The van der Waals surface area contributed by atoms with Gasteiger partial charge in [0.05, 0.1) is 10.9 Å². The average molecular weight is 312 g/mol. The molecule has 1 aliphatic rings. The van der Waals surface area contributed by atoms with E-state index in [-0.39, 0.29) is 5.56 Å². The molecule has 1 N–H and O–H groups in total. The van der Waals surface area contributed by atoms with Gasteiger partial charge in [0.25, 0.3) is 5.56 Å². The minimum absolute atomic E-state index is 0.0135. The fourth-order valence-corrected chi connectivity index (χ4v) is 2.17. The van der Waals surface area contributed by atoms with Crippen molar-refractivity contribution in [3.05, 3.63) is 37.9 Å². The topological polar surface area (TPSA) is 45.8 Å². The van der Waals surface area contributed by atoms with Gasteiger partial charge in [-0.15, -0.1) is 0 Å². The van der Waals surface area contributed by atoms with E-state index in [2.05, 4.69) is 32.6 Å². The van der Waals surface area contributed by atoms with E-state index in [0.29, 0.717) is 11.3 Å². The van der Waals surface area contributed by atoms with Crippen LogP contribution in [0.15, 0.2) is 23.0 Å². The second-order valence-electron chi connectivity index (χ2n) is 3.89. The van der Waals surface area contributed by atoms with Gasteiger partial charge in [-0.3, -0.25) is 4.79 Å². The average Bonchev–Trinajstić information content (AvgIpc) is 3.02. The SMILES string of the molecule is O=c1[nH]c(C2CC2)nc2ccc(I)cc12. The Hall–Kier alpha value is -0.910. The lowest BCUT2D eigenvalue weighted by Gasteiger charge is -2.01. The Morgan fingerprint density at radius 1 is 1.40 bits per heavy atom. The molecule has 1 aliphatic carbocycles. The second kappa shape index (κ2) is 3.30. The number of H-pyrrole nitrogens is 1. The van der Waals surface area contributed by atoms with E-state index in [0.717, 1.165) is 27.8 Å². The number of nitrogens with one attached hydrogen (secondary N) is 1. The summed E-state index contributed by atoms with van der Waals surface area (Å²) in [7, 11) is 0. The Labute approximate surface area is 100 Å². The molecule has 4 heteroatoms. The van der Waals surface area contributed by atoms with Crippen LogP contribution in [0.1, 0.15) is 24.6 Å². The summed E-state index contributed by atoms with van der Waals surface area (Å²) in [4.78, 5) is 19.1. The molecule has 1 aromatic heterocycles. The maximum absolute atomic E-state index is 11.8. The molecule has 3 rings (SSSR count). The van der Waals surface area contributed by atoms with Gasteiger partial charge in [-0.1, -0.05) is 0 Å². The standard InChI is InChI=1S/C11H9IN2O/c12-7-3-4-9-8(5-7)11(15)14-10(13-9)6-1-2-6/h3-6H,1-2H2,(H,13,14,15). The molecule has 76 valence electrons. The summed E-state index contributed by atoms with van der Waals surface area (Å²) in [6.45, 7) is 0. The van der Waals surface area contributed by atoms with Crippen molar-refractivity contribution in [3.63, 3.8) is 0 Å². The molecule has 0 atom stereocenters. The molecule has 1 saturated carbocycles. The molecule has 15 heavy (non-hydrogen) atoms. The Morgan fingerprint density at radius 3 is 2.93 bits per heavy atom. The highest BCUT2D eigenvalue weighted by Gasteiger charge is 2.26. The lowest BCUT2D eigenvalue weighted by molar-refractivity contribution is 0.931. The third-order valence-corrected chi connectivity index (χ3v) is 3.32. The number of hydrogen-bond donors (Lipinski definition) is 1. The predicted octanol–water partition coefficient (Wildman–Crippen LogP) is 2.41. The largest absolute Gasteiger partial charge is 0.310 e. The first-order valence-corrected chi connectivity index (χ1v) is 6.01. The first-order valence-electron chi connectivity index (χ1n) is 4.93. The van der Waals surface area contributed by atoms with Crippen molar-refractivity contribution in [2.75, 3.05) is 0 Å². The molecule has 3 nitrogen and oxygen atoms in total. The normalized spacial score (nSPS) is 15.8. The smallest absolute Gasteiger partial charge is 0.258 e. The van der Waals surface area contributed by atoms with Crippen LogP contribution < -0.4 is 5.56 Å². The number of rotatable bonds is 1. The van der Waals surface area contributed by atoms with Crippen molar-refractivity contribution in [1.82, 2.24) is 9.97 Å². The molecule has 0 saturated heterocycles. The number of benzene rings is 1. The monoisotopic (exact) mass is 312 g/mol. The van der Waals surface area contributed by atoms with Crippen LogP contribution in [0.3, 0.4) is 0 Å². The van der Waals surface area contributed by atoms with Crippen LogP contribution in [-0.4, -0.2) is 9.97 Å². The predicted molar refractivity (Wildman–Crippen MR) is 67.1 cm³/mol. The van der Waals surface area contributed by atoms with E-state index in [1.54, 1.807) is 0 Å². The molecule has 0 radical (unpaired) electrons. The van der Waals surface area contributed by atoms with Gasteiger partial charge in [-0.25, -0.2) is 4.98 Å². The van der Waals surface area contributed by atoms with Crippen molar-refractivity contribution in [1.29, 1.82) is 0 Å². The highest BCUT2D eigenvalue weighted by Crippen LogP contribution is 2.37. The van der Waals surface area contributed by atoms with Crippen molar-refractivity contribution >= 4 is 33.5 Å². The van der Waals surface area contributed by atoms with Gasteiger partial charge in [0.15, 0.2) is 0 Å². The van der Waals surface area contributed by atoms with Crippen LogP contribution in [0.2, 0.25) is 0 Å². The van der Waals surface area contributed by atoms with Gasteiger partial charge < -0.3 is 4.98 Å². The van der Waals surface area contributed by atoms with Crippen molar-refractivity contribution in [3.8, 4) is 0 Å². The van der Waals surface area contributed by atoms with E-state index in [1.807, 2.05) is 18.2 Å². The molecule has 0 aliphatic heterocycles. The van der Waals surface area contributed by atoms with Crippen molar-refractivity contribution in [2.45, 2.75) is 18.8 Å². The van der Waals surface area contributed by atoms with E-state index < -0.39 is 0 Å².